The Bertz CT molecular complexity index is 1040. The van der Waals surface area contributed by atoms with E-state index in [-0.39, 0.29) is 22.1 Å². The summed E-state index contributed by atoms with van der Waals surface area (Å²) < 4.78 is 33.8. The first-order valence-electron chi connectivity index (χ1n) is 7.65. The van der Waals surface area contributed by atoms with Crippen molar-refractivity contribution in [1.29, 1.82) is 0 Å². The van der Waals surface area contributed by atoms with Crippen LogP contribution in [0.4, 0.5) is 5.69 Å². The molecule has 0 radical (unpaired) electrons. The number of hydrogen-bond acceptors (Lipinski definition) is 4. The number of benzene rings is 3. The molecular formula is C19H16BrNO4S. The van der Waals surface area contributed by atoms with Crippen molar-refractivity contribution >= 4 is 31.6 Å². The monoisotopic (exact) mass is 433 g/mol. The van der Waals surface area contributed by atoms with Gasteiger partial charge in [0.15, 0.2) is 0 Å². The molecule has 0 unspecified atom stereocenters. The van der Waals surface area contributed by atoms with Crippen molar-refractivity contribution in [3.63, 3.8) is 0 Å². The van der Waals surface area contributed by atoms with Gasteiger partial charge >= 0.3 is 0 Å². The van der Waals surface area contributed by atoms with E-state index in [4.69, 9.17) is 4.74 Å². The van der Waals surface area contributed by atoms with Crippen LogP contribution in [0, 0.1) is 0 Å². The standard InChI is InChI=1S/C19H16BrNO4S/c1-25-18-10-8-15(20)12-19(18)26(23,24)21-16-11-14(7-9-17(16)22)13-5-3-2-4-6-13/h2-12,21-22H,1H3. The van der Waals surface area contributed by atoms with Crippen molar-refractivity contribution in [1.82, 2.24) is 0 Å². The van der Waals surface area contributed by atoms with Gasteiger partial charge in [0, 0.05) is 4.47 Å². The van der Waals surface area contributed by atoms with Gasteiger partial charge in [0.25, 0.3) is 10.0 Å². The Morgan fingerprint density at radius 1 is 0.962 bits per heavy atom. The number of methoxy groups -OCH3 is 1. The Morgan fingerprint density at radius 3 is 2.38 bits per heavy atom. The van der Waals surface area contributed by atoms with Crippen LogP contribution in [0.25, 0.3) is 11.1 Å². The smallest absolute Gasteiger partial charge is 0.265 e. The molecule has 0 fully saturated rings. The maximum absolute atomic E-state index is 12.8. The van der Waals surface area contributed by atoms with Crippen LogP contribution in [0.1, 0.15) is 0 Å². The lowest BCUT2D eigenvalue weighted by molar-refractivity contribution is 0.402. The molecule has 0 saturated heterocycles. The molecule has 26 heavy (non-hydrogen) atoms. The summed E-state index contributed by atoms with van der Waals surface area (Å²) in [6.45, 7) is 0. The fourth-order valence-electron chi connectivity index (χ4n) is 2.49. The van der Waals surface area contributed by atoms with Crippen LogP contribution >= 0.6 is 15.9 Å². The van der Waals surface area contributed by atoms with Gasteiger partial charge in [-0.15, -0.1) is 0 Å². The van der Waals surface area contributed by atoms with Crippen LogP contribution in [0.2, 0.25) is 0 Å². The molecule has 0 aliphatic heterocycles. The molecule has 0 saturated carbocycles. The molecule has 0 aliphatic carbocycles. The third-order valence-electron chi connectivity index (χ3n) is 3.76. The molecule has 0 heterocycles. The highest BCUT2D eigenvalue weighted by atomic mass is 79.9. The first-order chi connectivity index (χ1) is 12.4. The number of ether oxygens (including phenoxy) is 1. The highest BCUT2D eigenvalue weighted by Gasteiger charge is 2.21. The summed E-state index contributed by atoms with van der Waals surface area (Å²) in [5.41, 5.74) is 1.78. The SMILES string of the molecule is COc1ccc(Br)cc1S(=O)(=O)Nc1cc(-c2ccccc2)ccc1O. The molecule has 134 valence electrons. The summed E-state index contributed by atoms with van der Waals surface area (Å²) in [4.78, 5) is -0.0288. The number of sulfonamides is 1. The second-order valence-electron chi connectivity index (χ2n) is 5.50. The molecule has 0 aliphatic rings. The van der Waals surface area contributed by atoms with Gasteiger partial charge in [-0.25, -0.2) is 8.42 Å². The quantitative estimate of drug-likeness (QED) is 0.575. The van der Waals surface area contributed by atoms with E-state index in [1.165, 1.54) is 19.2 Å². The molecule has 0 atom stereocenters. The van der Waals surface area contributed by atoms with Crippen molar-refractivity contribution in [3.05, 3.63) is 71.2 Å². The van der Waals surface area contributed by atoms with Crippen LogP contribution in [-0.2, 0) is 10.0 Å². The van der Waals surface area contributed by atoms with Crippen LogP contribution in [-0.4, -0.2) is 20.6 Å². The van der Waals surface area contributed by atoms with E-state index in [1.54, 1.807) is 24.3 Å². The molecule has 0 bridgehead atoms. The molecular weight excluding hydrogens is 418 g/mol. The number of rotatable bonds is 5. The highest BCUT2D eigenvalue weighted by Crippen LogP contribution is 2.34. The van der Waals surface area contributed by atoms with Crippen molar-refractivity contribution in [2.24, 2.45) is 0 Å². The number of phenolic OH excluding ortho intramolecular Hbond substituents is 1. The molecule has 0 spiro atoms. The Labute approximate surface area is 160 Å². The number of halogens is 1. The third-order valence-corrected chi connectivity index (χ3v) is 5.64. The number of nitrogens with one attached hydrogen (secondary N) is 1. The van der Waals surface area contributed by atoms with Gasteiger partial charge in [-0.05, 0) is 41.5 Å². The van der Waals surface area contributed by atoms with E-state index in [0.717, 1.165) is 11.1 Å². The predicted molar refractivity (Wildman–Crippen MR) is 105 cm³/mol. The van der Waals surface area contributed by atoms with Gasteiger partial charge in [0.05, 0.1) is 12.8 Å². The van der Waals surface area contributed by atoms with E-state index in [0.29, 0.717) is 4.47 Å². The maximum Gasteiger partial charge on any atom is 0.265 e. The van der Waals surface area contributed by atoms with Gasteiger partial charge < -0.3 is 9.84 Å². The van der Waals surface area contributed by atoms with E-state index < -0.39 is 10.0 Å². The molecule has 3 rings (SSSR count). The summed E-state index contributed by atoms with van der Waals surface area (Å²) in [5.74, 6) is 0.0432. The number of phenols is 1. The normalized spacial score (nSPS) is 11.2. The molecule has 3 aromatic rings. The summed E-state index contributed by atoms with van der Waals surface area (Å²) in [5, 5.41) is 10.1. The molecule has 7 heteroatoms. The lowest BCUT2D eigenvalue weighted by Crippen LogP contribution is -2.14. The lowest BCUT2D eigenvalue weighted by Gasteiger charge is -2.14. The van der Waals surface area contributed by atoms with E-state index in [2.05, 4.69) is 20.7 Å². The first kappa shape index (κ1) is 18.3. The lowest BCUT2D eigenvalue weighted by atomic mass is 10.1. The fraction of sp³-hybridized carbons (Fsp3) is 0.0526. The minimum Gasteiger partial charge on any atom is -0.506 e. The summed E-state index contributed by atoms with van der Waals surface area (Å²) in [6, 6.07) is 18.9. The van der Waals surface area contributed by atoms with E-state index in [9.17, 15) is 13.5 Å². The van der Waals surface area contributed by atoms with E-state index in [1.807, 2.05) is 30.3 Å². The first-order valence-corrected chi connectivity index (χ1v) is 9.93. The van der Waals surface area contributed by atoms with Crippen LogP contribution < -0.4 is 9.46 Å². The summed E-state index contributed by atoms with van der Waals surface area (Å²) >= 11 is 3.26. The average Bonchev–Trinajstić information content (AvgIpc) is 2.64. The Balaban J connectivity index is 2.02. The second kappa shape index (κ2) is 7.39. The largest absolute Gasteiger partial charge is 0.506 e. The molecule has 3 aromatic carbocycles. The number of anilines is 1. The highest BCUT2D eigenvalue weighted by molar-refractivity contribution is 9.10. The van der Waals surface area contributed by atoms with Crippen molar-refractivity contribution < 1.29 is 18.3 Å². The molecule has 0 amide bonds. The van der Waals surface area contributed by atoms with Crippen LogP contribution in [0.5, 0.6) is 11.5 Å². The summed E-state index contributed by atoms with van der Waals surface area (Å²) in [7, 11) is -2.57. The van der Waals surface area contributed by atoms with Crippen molar-refractivity contribution in [2.75, 3.05) is 11.8 Å². The molecule has 2 N–H and O–H groups in total. The summed E-state index contributed by atoms with van der Waals surface area (Å²) in [6.07, 6.45) is 0. The van der Waals surface area contributed by atoms with Gasteiger partial charge in [0.2, 0.25) is 0 Å². The minimum atomic E-state index is -3.97. The van der Waals surface area contributed by atoms with Crippen molar-refractivity contribution in [3.8, 4) is 22.6 Å². The van der Waals surface area contributed by atoms with Crippen LogP contribution in [0.15, 0.2) is 76.1 Å². The molecule has 0 aromatic heterocycles. The zero-order valence-corrected chi connectivity index (χ0v) is 16.2. The predicted octanol–water partition coefficient (Wildman–Crippen LogP) is 4.63. The zero-order valence-electron chi connectivity index (χ0n) is 13.8. The van der Waals surface area contributed by atoms with Crippen molar-refractivity contribution in [2.45, 2.75) is 4.90 Å². The van der Waals surface area contributed by atoms with Gasteiger partial charge in [-0.2, -0.15) is 0 Å². The fourth-order valence-corrected chi connectivity index (χ4v) is 4.26. The topological polar surface area (TPSA) is 75.6 Å². The number of aromatic hydroxyl groups is 1. The zero-order chi connectivity index (χ0) is 18.7. The maximum atomic E-state index is 12.8. The van der Waals surface area contributed by atoms with E-state index >= 15 is 0 Å². The van der Waals surface area contributed by atoms with Gasteiger partial charge in [-0.1, -0.05) is 52.3 Å². The van der Waals surface area contributed by atoms with Crippen LogP contribution in [0.3, 0.4) is 0 Å². The Kier molecular flexibility index (Phi) is 5.20. The second-order valence-corrected chi connectivity index (χ2v) is 8.07. The minimum absolute atomic E-state index is 0.0288. The average molecular weight is 434 g/mol. The van der Waals surface area contributed by atoms with Gasteiger partial charge in [0.1, 0.15) is 16.4 Å². The Morgan fingerprint density at radius 2 is 1.69 bits per heavy atom. The third kappa shape index (κ3) is 3.84. The Hall–Kier alpha value is -2.51. The number of hydrogen-bond donors (Lipinski definition) is 2. The van der Waals surface area contributed by atoms with Gasteiger partial charge in [-0.3, -0.25) is 4.72 Å². The molecule has 5 nitrogen and oxygen atoms in total.